The normalized spacial score (nSPS) is 18.1. The lowest BCUT2D eigenvalue weighted by atomic mass is 10.0. The summed E-state index contributed by atoms with van der Waals surface area (Å²) in [4.78, 5) is 0. The van der Waals surface area contributed by atoms with Crippen molar-refractivity contribution in [3.8, 4) is 5.75 Å². The van der Waals surface area contributed by atoms with Gasteiger partial charge in [-0.2, -0.15) is 0 Å². The third-order valence-electron chi connectivity index (χ3n) is 5.97. The average Bonchev–Trinajstić information content (AvgIpc) is 2.79. The van der Waals surface area contributed by atoms with E-state index < -0.39 is 8.07 Å². The van der Waals surface area contributed by atoms with Crippen molar-refractivity contribution in [3.05, 3.63) is 102 Å². The van der Waals surface area contributed by atoms with Crippen molar-refractivity contribution in [3.63, 3.8) is 0 Å². The van der Waals surface area contributed by atoms with Gasteiger partial charge in [-0.15, -0.1) is 0 Å². The van der Waals surface area contributed by atoms with Crippen LogP contribution < -0.4 is 15.1 Å². The quantitative estimate of drug-likeness (QED) is 0.460. The Morgan fingerprint density at radius 3 is 1.90 bits per heavy atom. The Bertz CT molecular complexity index is 879. The molecule has 0 bridgehead atoms. The molecule has 2 heteroatoms. The molecule has 3 aromatic rings. The van der Waals surface area contributed by atoms with E-state index in [0.29, 0.717) is 0 Å². The van der Waals surface area contributed by atoms with Crippen LogP contribution >= 0.6 is 0 Å². The van der Waals surface area contributed by atoms with Crippen LogP contribution in [-0.4, -0.2) is 14.2 Å². The van der Waals surface area contributed by atoms with Crippen LogP contribution in [0.2, 0.25) is 6.04 Å². The van der Waals surface area contributed by atoms with Gasteiger partial charge in [0.1, 0.15) is 19.9 Å². The van der Waals surface area contributed by atoms with E-state index in [1.807, 2.05) is 6.07 Å². The van der Waals surface area contributed by atoms with Gasteiger partial charge in [0.25, 0.3) is 0 Å². The molecule has 0 amide bonds. The lowest BCUT2D eigenvalue weighted by molar-refractivity contribution is 0.217. The molecule has 1 atom stereocenters. The molecule has 4 rings (SSSR count). The first-order valence-corrected chi connectivity index (χ1v) is 13.1. The molecule has 0 fully saturated rings. The van der Waals surface area contributed by atoms with Gasteiger partial charge in [-0.25, -0.2) is 0 Å². The van der Waals surface area contributed by atoms with Crippen molar-refractivity contribution in [1.82, 2.24) is 0 Å². The Hall–Kier alpha value is -2.58. The molecule has 0 saturated heterocycles. The molecule has 1 aliphatic heterocycles. The van der Waals surface area contributed by atoms with Gasteiger partial charge in [0, 0.05) is 6.42 Å². The predicted octanol–water partition coefficient (Wildman–Crippen LogP) is 5.76. The van der Waals surface area contributed by atoms with Gasteiger partial charge in [-0.3, -0.25) is 0 Å². The molecule has 148 valence electrons. The van der Waals surface area contributed by atoms with E-state index in [1.165, 1.54) is 29.6 Å². The summed E-state index contributed by atoms with van der Waals surface area (Å²) in [7, 11) is -2.05. The van der Waals surface area contributed by atoms with Gasteiger partial charge in [0.15, 0.2) is 0 Å². The van der Waals surface area contributed by atoms with E-state index in [2.05, 4.69) is 97.6 Å². The van der Waals surface area contributed by atoms with Crippen LogP contribution in [-0.2, 0) is 0 Å². The summed E-state index contributed by atoms with van der Waals surface area (Å²) >= 11 is 0. The van der Waals surface area contributed by atoms with Gasteiger partial charge in [-0.1, -0.05) is 103 Å². The summed E-state index contributed by atoms with van der Waals surface area (Å²) in [6, 6.07) is 33.8. The highest BCUT2D eigenvalue weighted by Crippen LogP contribution is 2.32. The number of para-hydroxylation sites is 1. The molecule has 0 saturated carbocycles. The van der Waals surface area contributed by atoms with Gasteiger partial charge in [-0.05, 0) is 41.4 Å². The summed E-state index contributed by atoms with van der Waals surface area (Å²) in [5.41, 5.74) is 4.27. The maximum Gasteiger partial charge on any atom is 0.144 e. The number of hydrogen-bond donors (Lipinski definition) is 0. The second-order valence-corrected chi connectivity index (χ2v) is 11.9. The molecule has 0 aliphatic carbocycles. The molecule has 0 aromatic heterocycles. The molecule has 1 unspecified atom stereocenters. The monoisotopic (exact) mass is 398 g/mol. The SMILES string of the molecule is CCCCC1=C[Si](c2ccccc2)(c2ccccc2)CC(Oc2ccccc2)C1. The molecule has 0 spiro atoms. The molecule has 1 nitrogen and oxygen atoms in total. The molecule has 0 radical (unpaired) electrons. The zero-order valence-electron chi connectivity index (χ0n) is 17.3. The number of unbranched alkanes of at least 4 members (excludes halogenated alkanes) is 1. The Kier molecular flexibility index (Phi) is 6.31. The molecular formula is C27H30OSi. The summed E-state index contributed by atoms with van der Waals surface area (Å²) in [6.45, 7) is 2.28. The maximum atomic E-state index is 6.56. The third-order valence-corrected chi connectivity index (χ3v) is 10.7. The number of rotatable bonds is 7. The van der Waals surface area contributed by atoms with E-state index in [4.69, 9.17) is 4.74 Å². The minimum absolute atomic E-state index is 0.223. The van der Waals surface area contributed by atoms with E-state index >= 15 is 0 Å². The first-order valence-electron chi connectivity index (χ1n) is 10.8. The van der Waals surface area contributed by atoms with Crippen LogP contribution in [0.3, 0.4) is 0 Å². The molecule has 1 heterocycles. The fourth-order valence-corrected chi connectivity index (χ4v) is 9.32. The Balaban J connectivity index is 1.78. The fourth-order valence-electron chi connectivity index (χ4n) is 4.58. The minimum Gasteiger partial charge on any atom is -0.490 e. The molecule has 29 heavy (non-hydrogen) atoms. The van der Waals surface area contributed by atoms with Crippen molar-refractivity contribution < 1.29 is 4.74 Å². The second-order valence-electron chi connectivity index (χ2n) is 8.07. The van der Waals surface area contributed by atoms with E-state index in [1.54, 1.807) is 5.57 Å². The Labute approximate surface area is 176 Å². The van der Waals surface area contributed by atoms with Crippen LogP contribution in [0.1, 0.15) is 32.6 Å². The molecule has 1 aliphatic rings. The van der Waals surface area contributed by atoms with Gasteiger partial charge < -0.3 is 4.74 Å². The topological polar surface area (TPSA) is 9.23 Å². The maximum absolute atomic E-state index is 6.56. The molecule has 3 aromatic carbocycles. The summed E-state index contributed by atoms with van der Waals surface area (Å²) in [5.74, 6) is 0.985. The number of ether oxygens (including phenoxy) is 1. The van der Waals surface area contributed by atoms with Gasteiger partial charge in [0.2, 0.25) is 0 Å². The Morgan fingerprint density at radius 2 is 1.34 bits per heavy atom. The first kappa shape index (κ1) is 19.7. The zero-order valence-corrected chi connectivity index (χ0v) is 18.3. The summed E-state index contributed by atoms with van der Waals surface area (Å²) in [6.07, 6.45) is 4.93. The van der Waals surface area contributed by atoms with Crippen molar-refractivity contribution in [2.45, 2.75) is 44.8 Å². The van der Waals surface area contributed by atoms with Gasteiger partial charge in [0.05, 0.1) is 0 Å². The van der Waals surface area contributed by atoms with Gasteiger partial charge >= 0.3 is 0 Å². The van der Waals surface area contributed by atoms with Crippen LogP contribution in [0.25, 0.3) is 0 Å². The highest BCUT2D eigenvalue weighted by atomic mass is 28.3. The third kappa shape index (κ3) is 4.54. The van der Waals surface area contributed by atoms with E-state index in [-0.39, 0.29) is 6.10 Å². The lowest BCUT2D eigenvalue weighted by Gasteiger charge is -2.39. The highest BCUT2D eigenvalue weighted by molar-refractivity contribution is 7.06. The average molecular weight is 399 g/mol. The fraction of sp³-hybridized carbons (Fsp3) is 0.259. The number of benzene rings is 3. The van der Waals surface area contributed by atoms with Crippen molar-refractivity contribution in [1.29, 1.82) is 0 Å². The molecule has 0 N–H and O–H groups in total. The number of hydrogen-bond acceptors (Lipinski definition) is 1. The highest BCUT2D eigenvalue weighted by Gasteiger charge is 2.41. The van der Waals surface area contributed by atoms with Crippen LogP contribution in [0.5, 0.6) is 5.75 Å². The van der Waals surface area contributed by atoms with E-state index in [9.17, 15) is 0 Å². The van der Waals surface area contributed by atoms with Crippen molar-refractivity contribution >= 4 is 18.4 Å². The summed E-state index contributed by atoms with van der Waals surface area (Å²) in [5, 5.41) is 2.98. The summed E-state index contributed by atoms with van der Waals surface area (Å²) < 4.78 is 6.56. The Morgan fingerprint density at radius 1 is 0.793 bits per heavy atom. The van der Waals surface area contributed by atoms with E-state index in [0.717, 1.165) is 18.2 Å². The smallest absolute Gasteiger partial charge is 0.144 e. The molecular weight excluding hydrogens is 368 g/mol. The largest absolute Gasteiger partial charge is 0.490 e. The first-order chi connectivity index (χ1) is 14.3. The van der Waals surface area contributed by atoms with Crippen LogP contribution in [0.4, 0.5) is 0 Å². The zero-order chi connectivity index (χ0) is 19.9. The standard InChI is InChI=1S/C27H30OSi/c1-2-3-13-23-20-25(28-24-14-7-4-8-15-24)22-29(21-23,26-16-9-5-10-17-26)27-18-11-6-12-19-27/h4-12,14-19,21,25H,2-3,13,20,22H2,1H3. The van der Waals surface area contributed by atoms with Crippen molar-refractivity contribution in [2.24, 2.45) is 0 Å². The second kappa shape index (κ2) is 9.28. The lowest BCUT2D eigenvalue weighted by Crippen LogP contribution is -2.60. The minimum atomic E-state index is -2.05. The van der Waals surface area contributed by atoms with Crippen LogP contribution in [0, 0.1) is 0 Å². The predicted molar refractivity (Wildman–Crippen MR) is 126 cm³/mol. The van der Waals surface area contributed by atoms with Crippen molar-refractivity contribution in [2.75, 3.05) is 0 Å². The van der Waals surface area contributed by atoms with Crippen LogP contribution in [0.15, 0.2) is 102 Å².